The van der Waals surface area contributed by atoms with Crippen LogP contribution in [0.2, 0.25) is 0 Å². The van der Waals surface area contributed by atoms with Gasteiger partial charge in [-0.05, 0) is 67.2 Å². The molecule has 1 nitrogen and oxygen atoms in total. The molecule has 1 aromatic heterocycles. The number of thioether (sulfide) groups is 1. The molecule has 0 aliphatic heterocycles. The lowest BCUT2D eigenvalue weighted by atomic mass is 9.61. The van der Waals surface area contributed by atoms with Crippen LogP contribution in [0.1, 0.15) is 64.8 Å². The van der Waals surface area contributed by atoms with E-state index in [0.29, 0.717) is 15.6 Å². The van der Waals surface area contributed by atoms with Gasteiger partial charge in [0.25, 0.3) is 0 Å². The van der Waals surface area contributed by atoms with E-state index in [4.69, 9.17) is 4.98 Å². The molecule has 0 N–H and O–H groups in total. The van der Waals surface area contributed by atoms with Crippen molar-refractivity contribution >= 4 is 11.8 Å². The Labute approximate surface area is 140 Å². The maximum atomic E-state index is 4.86. The van der Waals surface area contributed by atoms with Gasteiger partial charge >= 0.3 is 0 Å². The third-order valence-corrected chi connectivity index (χ3v) is 8.97. The number of aryl methyl sites for hydroxylation is 1. The summed E-state index contributed by atoms with van der Waals surface area (Å²) in [6.45, 7) is 12.1. The van der Waals surface area contributed by atoms with Crippen LogP contribution < -0.4 is 0 Å². The van der Waals surface area contributed by atoms with Crippen molar-refractivity contribution in [1.82, 2.24) is 4.98 Å². The molecule has 2 aliphatic rings. The standard InChI is InChI=1S/C20H31NS/c1-6-12-22-20(14-17-9-7-8-15(2)21-17)18(3,4)16-10-11-19(20,5)13-16/h7-9,16H,6,10-14H2,1-5H3/t16-,19+,20-/m0/s1. The maximum absolute atomic E-state index is 4.86. The lowest BCUT2D eigenvalue weighted by Gasteiger charge is -2.54. The average molecular weight is 318 g/mol. The van der Waals surface area contributed by atoms with Gasteiger partial charge in [-0.3, -0.25) is 4.98 Å². The van der Waals surface area contributed by atoms with E-state index in [2.05, 4.69) is 64.6 Å². The lowest BCUT2D eigenvalue weighted by molar-refractivity contribution is 0.107. The Morgan fingerprint density at radius 1 is 1.27 bits per heavy atom. The highest BCUT2D eigenvalue weighted by Gasteiger charge is 2.68. The first kappa shape index (κ1) is 16.4. The van der Waals surface area contributed by atoms with E-state index in [1.807, 2.05) is 0 Å². The minimum Gasteiger partial charge on any atom is -0.258 e. The summed E-state index contributed by atoms with van der Waals surface area (Å²) in [5, 5.41) is 0. The molecule has 122 valence electrons. The number of fused-ring (bicyclic) bond motifs is 2. The fourth-order valence-electron chi connectivity index (χ4n) is 5.41. The second-order valence-corrected chi connectivity index (χ2v) is 9.74. The molecule has 2 aliphatic carbocycles. The Kier molecular flexibility index (Phi) is 4.12. The van der Waals surface area contributed by atoms with Gasteiger partial charge in [-0.1, -0.05) is 33.8 Å². The first-order chi connectivity index (χ1) is 10.3. The minimum absolute atomic E-state index is 0.347. The fourth-order valence-corrected chi connectivity index (χ4v) is 7.29. The predicted molar refractivity (Wildman–Crippen MR) is 97.4 cm³/mol. The van der Waals surface area contributed by atoms with Crippen molar-refractivity contribution in [2.45, 2.75) is 71.5 Å². The Hall–Kier alpha value is -0.500. The molecule has 3 atom stereocenters. The molecule has 1 aromatic rings. The number of pyridine rings is 1. The smallest absolute Gasteiger partial charge is 0.0421 e. The topological polar surface area (TPSA) is 12.9 Å². The Bertz CT molecular complexity index is 546. The Morgan fingerprint density at radius 3 is 2.64 bits per heavy atom. The first-order valence-corrected chi connectivity index (χ1v) is 9.90. The predicted octanol–water partition coefficient (Wildman–Crippen LogP) is 5.66. The summed E-state index contributed by atoms with van der Waals surface area (Å²) in [4.78, 5) is 4.86. The van der Waals surface area contributed by atoms with E-state index in [9.17, 15) is 0 Å². The molecular formula is C20H31NS. The van der Waals surface area contributed by atoms with E-state index in [-0.39, 0.29) is 0 Å². The number of aromatic nitrogens is 1. The van der Waals surface area contributed by atoms with E-state index in [0.717, 1.165) is 18.0 Å². The minimum atomic E-state index is 0.347. The summed E-state index contributed by atoms with van der Waals surface area (Å²) in [5.41, 5.74) is 3.34. The van der Waals surface area contributed by atoms with Crippen LogP contribution >= 0.6 is 11.8 Å². The first-order valence-electron chi connectivity index (χ1n) is 8.91. The summed E-state index contributed by atoms with van der Waals surface area (Å²) < 4.78 is 0.347. The van der Waals surface area contributed by atoms with Gasteiger partial charge in [0.15, 0.2) is 0 Å². The van der Waals surface area contributed by atoms with Crippen LogP contribution in [-0.2, 0) is 6.42 Å². The second kappa shape index (κ2) is 5.54. The molecule has 2 fully saturated rings. The van der Waals surface area contributed by atoms with Gasteiger partial charge in [0, 0.05) is 22.6 Å². The third-order valence-electron chi connectivity index (χ3n) is 6.71. The molecule has 0 radical (unpaired) electrons. The average Bonchev–Trinajstić information content (AvgIpc) is 2.92. The molecule has 0 saturated heterocycles. The summed E-state index contributed by atoms with van der Waals surface area (Å²) in [6, 6.07) is 6.54. The normalized spacial score (nSPS) is 36.0. The molecule has 2 saturated carbocycles. The molecule has 22 heavy (non-hydrogen) atoms. The number of rotatable bonds is 5. The van der Waals surface area contributed by atoms with Crippen LogP contribution in [0.15, 0.2) is 18.2 Å². The Balaban J connectivity index is 2.01. The van der Waals surface area contributed by atoms with Crippen LogP contribution in [0.5, 0.6) is 0 Å². The van der Waals surface area contributed by atoms with Gasteiger partial charge < -0.3 is 0 Å². The zero-order valence-corrected chi connectivity index (χ0v) is 15.7. The molecule has 1 heterocycles. The third kappa shape index (κ3) is 2.25. The molecule has 2 heteroatoms. The van der Waals surface area contributed by atoms with Crippen LogP contribution in [0.3, 0.4) is 0 Å². The van der Waals surface area contributed by atoms with Crippen molar-refractivity contribution in [2.24, 2.45) is 16.7 Å². The summed E-state index contributed by atoms with van der Waals surface area (Å²) in [5.74, 6) is 2.17. The van der Waals surface area contributed by atoms with Gasteiger partial charge in [0.05, 0.1) is 0 Å². The molecule has 0 aromatic carbocycles. The van der Waals surface area contributed by atoms with Crippen molar-refractivity contribution in [3.05, 3.63) is 29.6 Å². The van der Waals surface area contributed by atoms with E-state index < -0.39 is 0 Å². The van der Waals surface area contributed by atoms with Gasteiger partial charge in [-0.25, -0.2) is 0 Å². The molecule has 2 bridgehead atoms. The van der Waals surface area contributed by atoms with Crippen LogP contribution in [-0.4, -0.2) is 15.5 Å². The summed E-state index contributed by atoms with van der Waals surface area (Å²) >= 11 is 2.26. The van der Waals surface area contributed by atoms with E-state index in [1.54, 1.807) is 0 Å². The van der Waals surface area contributed by atoms with Gasteiger partial charge in [0.2, 0.25) is 0 Å². The van der Waals surface area contributed by atoms with Crippen molar-refractivity contribution in [3.8, 4) is 0 Å². The van der Waals surface area contributed by atoms with Gasteiger partial charge in [-0.2, -0.15) is 11.8 Å². The quantitative estimate of drug-likeness (QED) is 0.695. The van der Waals surface area contributed by atoms with Gasteiger partial charge in [0.1, 0.15) is 0 Å². The Morgan fingerprint density at radius 2 is 2.05 bits per heavy atom. The monoisotopic (exact) mass is 317 g/mol. The number of hydrogen-bond donors (Lipinski definition) is 0. The van der Waals surface area contributed by atoms with Crippen LogP contribution in [0, 0.1) is 23.7 Å². The van der Waals surface area contributed by atoms with Crippen LogP contribution in [0.25, 0.3) is 0 Å². The zero-order chi connectivity index (χ0) is 16.0. The van der Waals surface area contributed by atoms with Crippen molar-refractivity contribution in [2.75, 3.05) is 5.75 Å². The summed E-state index contributed by atoms with van der Waals surface area (Å²) in [6.07, 6.45) is 6.66. The number of nitrogens with zero attached hydrogens (tertiary/aromatic N) is 1. The molecular weight excluding hydrogens is 286 g/mol. The molecule has 0 unspecified atom stereocenters. The highest BCUT2D eigenvalue weighted by atomic mass is 32.2. The molecule has 0 amide bonds. The van der Waals surface area contributed by atoms with Crippen molar-refractivity contribution < 1.29 is 0 Å². The van der Waals surface area contributed by atoms with Gasteiger partial charge in [-0.15, -0.1) is 0 Å². The van der Waals surface area contributed by atoms with Crippen molar-refractivity contribution in [3.63, 3.8) is 0 Å². The maximum Gasteiger partial charge on any atom is 0.0421 e. The van der Waals surface area contributed by atoms with Crippen molar-refractivity contribution in [1.29, 1.82) is 0 Å². The lowest BCUT2D eigenvalue weighted by Crippen LogP contribution is -2.53. The van der Waals surface area contributed by atoms with Crippen LogP contribution in [0.4, 0.5) is 0 Å². The second-order valence-electron chi connectivity index (χ2n) is 8.34. The van der Waals surface area contributed by atoms with E-state index in [1.165, 1.54) is 37.1 Å². The fraction of sp³-hybridized carbons (Fsp3) is 0.750. The summed E-state index contributed by atoms with van der Waals surface area (Å²) in [7, 11) is 0. The molecule has 3 rings (SSSR count). The zero-order valence-electron chi connectivity index (χ0n) is 14.9. The largest absolute Gasteiger partial charge is 0.258 e. The highest BCUT2D eigenvalue weighted by molar-refractivity contribution is 8.00. The molecule has 0 spiro atoms. The highest BCUT2D eigenvalue weighted by Crippen LogP contribution is 2.73. The van der Waals surface area contributed by atoms with E-state index >= 15 is 0 Å². The number of hydrogen-bond acceptors (Lipinski definition) is 2. The SMILES string of the molecule is CCCS[C@@]1(Cc2cccc(C)n2)C(C)(C)[C@H]2CC[C@]1(C)C2.